The first-order chi connectivity index (χ1) is 9.22. The summed E-state index contributed by atoms with van der Waals surface area (Å²) in [5, 5.41) is 12.6. The third-order valence-electron chi connectivity index (χ3n) is 2.62. The molecule has 3 aromatic rings. The second-order valence-electron chi connectivity index (χ2n) is 4.09. The summed E-state index contributed by atoms with van der Waals surface area (Å²) in [5.74, 6) is 0.694. The van der Waals surface area contributed by atoms with Crippen LogP contribution in [-0.2, 0) is 6.42 Å². The first kappa shape index (κ1) is 11.8. The molecule has 0 aromatic carbocycles. The highest BCUT2D eigenvalue weighted by Gasteiger charge is 2.03. The van der Waals surface area contributed by atoms with Gasteiger partial charge in [0, 0.05) is 30.1 Å². The van der Waals surface area contributed by atoms with Crippen LogP contribution < -0.4 is 11.0 Å². The summed E-state index contributed by atoms with van der Waals surface area (Å²) < 4.78 is 1.36. The van der Waals surface area contributed by atoms with Crippen molar-refractivity contribution < 1.29 is 0 Å². The van der Waals surface area contributed by atoms with Crippen molar-refractivity contribution in [3.8, 4) is 0 Å². The quantitative estimate of drug-likeness (QED) is 0.737. The van der Waals surface area contributed by atoms with Crippen molar-refractivity contribution >= 4 is 22.8 Å². The highest BCUT2D eigenvalue weighted by Crippen LogP contribution is 2.10. The Morgan fingerprint density at radius 1 is 1.53 bits per heavy atom. The molecule has 3 rings (SSSR count). The number of aromatic nitrogens is 5. The molecule has 0 bridgehead atoms. The number of nitrogens with zero attached hydrogens (tertiary/aromatic N) is 4. The molecule has 3 heterocycles. The summed E-state index contributed by atoms with van der Waals surface area (Å²) in [6, 6.07) is 1.73. The number of anilines is 1. The molecule has 0 atom stereocenters. The van der Waals surface area contributed by atoms with Crippen molar-refractivity contribution in [2.45, 2.75) is 13.3 Å². The van der Waals surface area contributed by atoms with Gasteiger partial charge in [-0.1, -0.05) is 0 Å². The molecule has 0 aliphatic carbocycles. The van der Waals surface area contributed by atoms with E-state index in [0.717, 1.165) is 23.7 Å². The van der Waals surface area contributed by atoms with Crippen LogP contribution in [-0.4, -0.2) is 31.1 Å². The van der Waals surface area contributed by atoms with Gasteiger partial charge in [-0.2, -0.15) is 5.10 Å². The average Bonchev–Trinajstić information content (AvgIpc) is 2.97. The first-order valence-corrected chi connectivity index (χ1v) is 6.68. The molecule has 0 saturated heterocycles. The van der Waals surface area contributed by atoms with E-state index in [1.165, 1.54) is 10.7 Å². The van der Waals surface area contributed by atoms with Gasteiger partial charge in [0.25, 0.3) is 0 Å². The van der Waals surface area contributed by atoms with E-state index in [9.17, 15) is 4.79 Å². The molecule has 0 aliphatic rings. The lowest BCUT2D eigenvalue weighted by Gasteiger charge is -2.03. The predicted molar refractivity (Wildman–Crippen MR) is 72.7 cm³/mol. The van der Waals surface area contributed by atoms with Crippen LogP contribution in [0.3, 0.4) is 0 Å². The zero-order chi connectivity index (χ0) is 13.2. The number of nitrogens with one attached hydrogen (secondary N) is 2. The molecular weight excluding hydrogens is 264 g/mol. The molecule has 98 valence electrons. The fourth-order valence-corrected chi connectivity index (χ4v) is 2.50. The van der Waals surface area contributed by atoms with Gasteiger partial charge in [-0.05, 0) is 6.92 Å². The zero-order valence-corrected chi connectivity index (χ0v) is 11.1. The SMILES string of the molecule is Cc1csc(CCNc2cc3n[nH]c(=O)n3cn2)n1. The first-order valence-electron chi connectivity index (χ1n) is 5.80. The van der Waals surface area contributed by atoms with Gasteiger partial charge >= 0.3 is 5.69 Å². The molecule has 2 N–H and O–H groups in total. The highest BCUT2D eigenvalue weighted by atomic mass is 32.1. The van der Waals surface area contributed by atoms with Crippen LogP contribution in [0.2, 0.25) is 0 Å². The van der Waals surface area contributed by atoms with Crippen LogP contribution >= 0.6 is 11.3 Å². The Kier molecular flexibility index (Phi) is 3.00. The van der Waals surface area contributed by atoms with Gasteiger partial charge in [0.2, 0.25) is 0 Å². The number of aromatic amines is 1. The minimum Gasteiger partial charge on any atom is -0.369 e. The van der Waals surface area contributed by atoms with Gasteiger partial charge in [-0.25, -0.2) is 24.3 Å². The van der Waals surface area contributed by atoms with Crippen molar-refractivity contribution in [1.29, 1.82) is 0 Å². The van der Waals surface area contributed by atoms with E-state index in [1.807, 2.05) is 12.3 Å². The molecule has 0 amide bonds. The molecule has 0 spiro atoms. The van der Waals surface area contributed by atoms with Crippen LogP contribution in [0.5, 0.6) is 0 Å². The van der Waals surface area contributed by atoms with Crippen molar-refractivity contribution in [3.63, 3.8) is 0 Å². The Morgan fingerprint density at radius 2 is 2.42 bits per heavy atom. The maximum absolute atomic E-state index is 11.3. The summed E-state index contributed by atoms with van der Waals surface area (Å²) in [5.41, 5.74) is 1.32. The molecule has 7 nitrogen and oxygen atoms in total. The Hall–Kier alpha value is -2.22. The summed E-state index contributed by atoms with van der Waals surface area (Å²) in [6.07, 6.45) is 2.30. The highest BCUT2D eigenvalue weighted by molar-refractivity contribution is 7.09. The Bertz CT molecular complexity index is 758. The lowest BCUT2D eigenvalue weighted by atomic mass is 10.4. The van der Waals surface area contributed by atoms with E-state index in [-0.39, 0.29) is 5.69 Å². The van der Waals surface area contributed by atoms with Crippen LogP contribution in [0.4, 0.5) is 5.82 Å². The molecule has 0 saturated carbocycles. The topological polar surface area (TPSA) is 88.0 Å². The van der Waals surface area contributed by atoms with Gasteiger partial charge in [0.15, 0.2) is 5.65 Å². The fraction of sp³-hybridized carbons (Fsp3) is 0.273. The summed E-state index contributed by atoms with van der Waals surface area (Å²) in [6.45, 7) is 2.73. The Balaban J connectivity index is 1.66. The minimum atomic E-state index is -0.285. The van der Waals surface area contributed by atoms with E-state index >= 15 is 0 Å². The lowest BCUT2D eigenvalue weighted by Crippen LogP contribution is -2.11. The number of fused-ring (bicyclic) bond motifs is 1. The van der Waals surface area contributed by atoms with E-state index in [1.54, 1.807) is 17.4 Å². The second-order valence-corrected chi connectivity index (χ2v) is 5.03. The summed E-state index contributed by atoms with van der Waals surface area (Å²) in [7, 11) is 0. The number of rotatable bonds is 4. The normalized spacial score (nSPS) is 11.0. The van der Waals surface area contributed by atoms with Gasteiger partial charge < -0.3 is 5.32 Å². The summed E-state index contributed by atoms with van der Waals surface area (Å²) >= 11 is 1.66. The smallest absolute Gasteiger partial charge is 0.348 e. The molecule has 0 fully saturated rings. The third-order valence-corrected chi connectivity index (χ3v) is 3.65. The van der Waals surface area contributed by atoms with Crippen molar-refractivity contribution in [3.05, 3.63) is 39.0 Å². The van der Waals surface area contributed by atoms with E-state index in [2.05, 4.69) is 25.5 Å². The van der Waals surface area contributed by atoms with E-state index in [0.29, 0.717) is 11.5 Å². The zero-order valence-electron chi connectivity index (χ0n) is 10.3. The Morgan fingerprint density at radius 3 is 3.21 bits per heavy atom. The van der Waals surface area contributed by atoms with E-state index in [4.69, 9.17) is 0 Å². The van der Waals surface area contributed by atoms with Gasteiger partial charge in [-0.3, -0.25) is 0 Å². The van der Waals surface area contributed by atoms with Crippen molar-refractivity contribution in [1.82, 2.24) is 24.6 Å². The van der Waals surface area contributed by atoms with Gasteiger partial charge in [0.05, 0.1) is 5.01 Å². The molecule has 8 heteroatoms. The minimum absolute atomic E-state index is 0.285. The Labute approximate surface area is 112 Å². The van der Waals surface area contributed by atoms with Crippen molar-refractivity contribution in [2.24, 2.45) is 0 Å². The maximum atomic E-state index is 11.3. The van der Waals surface area contributed by atoms with Crippen LogP contribution in [0.15, 0.2) is 22.6 Å². The number of hydrogen-bond acceptors (Lipinski definition) is 6. The fourth-order valence-electron chi connectivity index (χ4n) is 1.72. The van der Waals surface area contributed by atoms with Gasteiger partial charge in [0.1, 0.15) is 12.1 Å². The standard InChI is InChI=1S/C11H12N6OS/c1-7-5-19-10(14-7)2-3-12-8-4-9-15-16-11(18)17(9)6-13-8/h4-6,12H,2-3H2,1H3,(H,16,18). The largest absolute Gasteiger partial charge is 0.369 e. The number of aryl methyl sites for hydroxylation is 1. The molecule has 0 radical (unpaired) electrons. The van der Waals surface area contributed by atoms with Crippen LogP contribution in [0.25, 0.3) is 5.65 Å². The second kappa shape index (κ2) is 4.81. The third kappa shape index (κ3) is 2.48. The molecule has 19 heavy (non-hydrogen) atoms. The molecule has 3 aromatic heterocycles. The summed E-state index contributed by atoms with van der Waals surface area (Å²) in [4.78, 5) is 19.8. The monoisotopic (exact) mass is 276 g/mol. The number of thiazole rings is 1. The number of H-pyrrole nitrogens is 1. The molecule has 0 aliphatic heterocycles. The van der Waals surface area contributed by atoms with Crippen molar-refractivity contribution in [2.75, 3.05) is 11.9 Å². The average molecular weight is 276 g/mol. The lowest BCUT2D eigenvalue weighted by molar-refractivity contribution is 0.962. The van der Waals surface area contributed by atoms with Crippen LogP contribution in [0.1, 0.15) is 10.7 Å². The van der Waals surface area contributed by atoms with Gasteiger partial charge in [-0.15, -0.1) is 11.3 Å². The predicted octanol–water partition coefficient (Wildman–Crippen LogP) is 0.837. The van der Waals surface area contributed by atoms with E-state index < -0.39 is 0 Å². The number of hydrogen-bond donors (Lipinski definition) is 2. The molecular formula is C11H12N6OS. The van der Waals surface area contributed by atoms with Crippen LogP contribution in [0, 0.1) is 6.92 Å². The molecule has 0 unspecified atom stereocenters. The maximum Gasteiger partial charge on any atom is 0.348 e.